The van der Waals surface area contributed by atoms with Gasteiger partial charge in [0.2, 0.25) is 0 Å². The molecule has 0 saturated carbocycles. The highest BCUT2D eigenvalue weighted by Crippen LogP contribution is 2.29. The summed E-state index contributed by atoms with van der Waals surface area (Å²) in [7, 11) is 0. The van der Waals surface area contributed by atoms with E-state index in [1.807, 2.05) is 0 Å². The Morgan fingerprint density at radius 2 is 1.85 bits per heavy atom. The smallest absolute Gasteiger partial charge is 0.0491 e. The van der Waals surface area contributed by atoms with Gasteiger partial charge in [0.1, 0.15) is 0 Å². The summed E-state index contributed by atoms with van der Waals surface area (Å²) < 4.78 is 0. The average Bonchev–Trinajstić information content (AvgIpc) is 2.63. The predicted octanol–water partition coefficient (Wildman–Crippen LogP) is 2.89. The van der Waals surface area contributed by atoms with Gasteiger partial charge in [-0.3, -0.25) is 4.90 Å². The second kappa shape index (κ2) is 5.58. The molecule has 0 spiro atoms. The summed E-state index contributed by atoms with van der Waals surface area (Å²) in [5.41, 5.74) is 6.87. The van der Waals surface area contributed by atoms with Gasteiger partial charge < -0.3 is 10.3 Å². The van der Waals surface area contributed by atoms with Crippen LogP contribution in [0.15, 0.2) is 12.1 Å². The fourth-order valence-electron chi connectivity index (χ4n) is 3.29. The Hall–Kier alpha value is -1.32. The SMILES string of the molecule is Cc1[nH]c2c(C)ccc(C)c2c1CN1CCCNCC1. The number of aromatic amines is 1. The fourth-order valence-corrected chi connectivity index (χ4v) is 3.29. The zero-order chi connectivity index (χ0) is 14.1. The summed E-state index contributed by atoms with van der Waals surface area (Å²) in [6, 6.07) is 4.46. The van der Waals surface area contributed by atoms with Crippen LogP contribution in [-0.4, -0.2) is 36.1 Å². The lowest BCUT2D eigenvalue weighted by atomic mass is 10.0. The second-order valence-electron chi connectivity index (χ2n) is 6.06. The summed E-state index contributed by atoms with van der Waals surface area (Å²) in [5.74, 6) is 0. The first-order chi connectivity index (χ1) is 9.66. The van der Waals surface area contributed by atoms with Crippen LogP contribution in [0.3, 0.4) is 0 Å². The van der Waals surface area contributed by atoms with Crippen molar-refractivity contribution in [1.29, 1.82) is 0 Å². The summed E-state index contributed by atoms with van der Waals surface area (Å²) in [6.07, 6.45) is 1.25. The van der Waals surface area contributed by atoms with Crippen LogP contribution in [0.1, 0.15) is 28.8 Å². The van der Waals surface area contributed by atoms with E-state index in [-0.39, 0.29) is 0 Å². The van der Waals surface area contributed by atoms with E-state index in [0.29, 0.717) is 0 Å². The molecule has 1 aliphatic rings. The Morgan fingerprint density at radius 1 is 1.05 bits per heavy atom. The Kier molecular flexibility index (Phi) is 3.81. The fraction of sp³-hybridized carbons (Fsp3) is 0.529. The molecule has 2 aromatic rings. The molecular weight excluding hydrogens is 246 g/mol. The number of hydrogen-bond acceptors (Lipinski definition) is 2. The number of aryl methyl sites for hydroxylation is 3. The first-order valence-electron chi connectivity index (χ1n) is 7.67. The van der Waals surface area contributed by atoms with E-state index >= 15 is 0 Å². The predicted molar refractivity (Wildman–Crippen MR) is 85.3 cm³/mol. The topological polar surface area (TPSA) is 31.1 Å². The van der Waals surface area contributed by atoms with Gasteiger partial charge in [0, 0.05) is 36.2 Å². The normalized spacial score (nSPS) is 17.6. The van der Waals surface area contributed by atoms with E-state index in [2.05, 4.69) is 48.1 Å². The molecule has 3 heteroatoms. The molecule has 0 radical (unpaired) electrons. The molecule has 3 rings (SSSR count). The van der Waals surface area contributed by atoms with Crippen LogP contribution in [0.2, 0.25) is 0 Å². The average molecular weight is 271 g/mol. The van der Waals surface area contributed by atoms with Gasteiger partial charge >= 0.3 is 0 Å². The molecule has 3 nitrogen and oxygen atoms in total. The third-order valence-electron chi connectivity index (χ3n) is 4.50. The van der Waals surface area contributed by atoms with Gasteiger partial charge in [0.05, 0.1) is 0 Å². The molecule has 1 aromatic carbocycles. The first-order valence-corrected chi connectivity index (χ1v) is 7.67. The number of hydrogen-bond donors (Lipinski definition) is 2. The van der Waals surface area contributed by atoms with Gasteiger partial charge in [-0.2, -0.15) is 0 Å². The number of fused-ring (bicyclic) bond motifs is 1. The second-order valence-corrected chi connectivity index (χ2v) is 6.06. The maximum Gasteiger partial charge on any atom is 0.0491 e. The first kappa shape index (κ1) is 13.7. The Morgan fingerprint density at radius 3 is 2.70 bits per heavy atom. The van der Waals surface area contributed by atoms with Gasteiger partial charge in [0.15, 0.2) is 0 Å². The van der Waals surface area contributed by atoms with Gasteiger partial charge in [-0.15, -0.1) is 0 Å². The summed E-state index contributed by atoms with van der Waals surface area (Å²) >= 11 is 0. The third-order valence-corrected chi connectivity index (χ3v) is 4.50. The third kappa shape index (κ3) is 2.48. The van der Waals surface area contributed by atoms with Crippen LogP contribution in [0, 0.1) is 20.8 Å². The van der Waals surface area contributed by atoms with Crippen molar-refractivity contribution >= 4 is 10.9 Å². The molecule has 1 aliphatic heterocycles. The number of rotatable bonds is 2. The van der Waals surface area contributed by atoms with Gasteiger partial charge in [-0.1, -0.05) is 12.1 Å². The van der Waals surface area contributed by atoms with Gasteiger partial charge in [0.25, 0.3) is 0 Å². The monoisotopic (exact) mass is 271 g/mol. The van der Waals surface area contributed by atoms with Gasteiger partial charge in [-0.25, -0.2) is 0 Å². The van der Waals surface area contributed by atoms with Crippen LogP contribution >= 0.6 is 0 Å². The summed E-state index contributed by atoms with van der Waals surface area (Å²) in [6.45, 7) is 12.3. The van der Waals surface area contributed by atoms with E-state index in [1.54, 1.807) is 0 Å². The molecule has 1 aromatic heterocycles. The molecule has 2 heterocycles. The van der Waals surface area contributed by atoms with E-state index < -0.39 is 0 Å². The van der Waals surface area contributed by atoms with Crippen LogP contribution in [0.25, 0.3) is 10.9 Å². The molecule has 0 aliphatic carbocycles. The summed E-state index contributed by atoms with van der Waals surface area (Å²) in [5, 5.41) is 4.92. The number of nitrogens with zero attached hydrogens (tertiary/aromatic N) is 1. The largest absolute Gasteiger partial charge is 0.358 e. The molecule has 0 amide bonds. The highest BCUT2D eigenvalue weighted by molar-refractivity contribution is 5.90. The molecule has 108 valence electrons. The minimum atomic E-state index is 1.07. The van der Waals surface area contributed by atoms with Crippen LogP contribution in [-0.2, 0) is 6.54 Å². The van der Waals surface area contributed by atoms with Gasteiger partial charge in [-0.05, 0) is 57.0 Å². The van der Waals surface area contributed by atoms with Crippen molar-refractivity contribution in [2.24, 2.45) is 0 Å². The molecule has 0 unspecified atom stereocenters. The van der Waals surface area contributed by atoms with Crippen molar-refractivity contribution in [2.75, 3.05) is 26.2 Å². The molecule has 1 fully saturated rings. The Balaban J connectivity index is 1.98. The minimum absolute atomic E-state index is 1.07. The number of H-pyrrole nitrogens is 1. The summed E-state index contributed by atoms with van der Waals surface area (Å²) in [4.78, 5) is 6.18. The van der Waals surface area contributed by atoms with E-state index in [4.69, 9.17) is 0 Å². The lowest BCUT2D eigenvalue weighted by Gasteiger charge is -2.20. The maximum absolute atomic E-state index is 3.60. The van der Waals surface area contributed by atoms with Crippen molar-refractivity contribution in [3.63, 3.8) is 0 Å². The number of nitrogens with one attached hydrogen (secondary N) is 2. The van der Waals surface area contributed by atoms with Crippen LogP contribution in [0.4, 0.5) is 0 Å². The highest BCUT2D eigenvalue weighted by atomic mass is 15.1. The minimum Gasteiger partial charge on any atom is -0.358 e. The lowest BCUT2D eigenvalue weighted by molar-refractivity contribution is 0.285. The Labute approximate surface area is 121 Å². The molecule has 0 atom stereocenters. The van der Waals surface area contributed by atoms with Crippen molar-refractivity contribution in [3.05, 3.63) is 34.5 Å². The molecule has 20 heavy (non-hydrogen) atoms. The Bertz CT molecular complexity index is 604. The number of aromatic nitrogens is 1. The number of benzene rings is 1. The van der Waals surface area contributed by atoms with Crippen LogP contribution < -0.4 is 5.32 Å². The standard InChI is InChI=1S/C17H25N3/c1-12-5-6-13(2)17-16(12)15(14(3)19-17)11-20-9-4-7-18-8-10-20/h5-6,18-19H,4,7-11H2,1-3H3. The molecule has 1 saturated heterocycles. The maximum atomic E-state index is 3.60. The highest BCUT2D eigenvalue weighted by Gasteiger charge is 2.16. The lowest BCUT2D eigenvalue weighted by Crippen LogP contribution is -2.27. The van der Waals surface area contributed by atoms with Crippen molar-refractivity contribution in [1.82, 2.24) is 15.2 Å². The molecule has 2 N–H and O–H groups in total. The van der Waals surface area contributed by atoms with Crippen LogP contribution in [0.5, 0.6) is 0 Å². The molecule has 0 bridgehead atoms. The zero-order valence-electron chi connectivity index (χ0n) is 12.8. The van der Waals surface area contributed by atoms with Crippen molar-refractivity contribution < 1.29 is 0 Å². The van der Waals surface area contributed by atoms with E-state index in [0.717, 1.165) is 26.2 Å². The van der Waals surface area contributed by atoms with Crippen molar-refractivity contribution in [2.45, 2.75) is 33.7 Å². The quantitative estimate of drug-likeness (QED) is 0.880. The van der Waals surface area contributed by atoms with E-state index in [9.17, 15) is 0 Å². The van der Waals surface area contributed by atoms with E-state index in [1.165, 1.54) is 46.3 Å². The van der Waals surface area contributed by atoms with Crippen molar-refractivity contribution in [3.8, 4) is 0 Å². The molecular formula is C17H25N3. The zero-order valence-corrected chi connectivity index (χ0v) is 12.8.